The minimum Gasteiger partial charge on any atom is -0.352 e. The molecule has 23 heavy (non-hydrogen) atoms. The van der Waals surface area contributed by atoms with Crippen LogP contribution in [0.5, 0.6) is 0 Å². The summed E-state index contributed by atoms with van der Waals surface area (Å²) in [6.07, 6.45) is 1.97. The zero-order chi connectivity index (χ0) is 17.1. The van der Waals surface area contributed by atoms with Gasteiger partial charge in [0.15, 0.2) is 12.1 Å². The zero-order valence-corrected chi connectivity index (χ0v) is 15.1. The molecule has 0 aliphatic carbocycles. The van der Waals surface area contributed by atoms with Gasteiger partial charge in [-0.05, 0) is 23.8 Å². The number of ether oxygens (including phenoxy) is 2. The number of carbonyl (C=O) groups is 1. The third kappa shape index (κ3) is 5.43. The van der Waals surface area contributed by atoms with Gasteiger partial charge in [-0.25, -0.2) is 0 Å². The van der Waals surface area contributed by atoms with Gasteiger partial charge in [0, 0.05) is 17.4 Å². The van der Waals surface area contributed by atoms with Crippen molar-refractivity contribution >= 4 is 5.78 Å². The molecule has 3 heteroatoms. The summed E-state index contributed by atoms with van der Waals surface area (Å²) in [4.78, 5) is 12.3. The third-order valence-electron chi connectivity index (χ3n) is 4.24. The molecule has 0 bridgehead atoms. The van der Waals surface area contributed by atoms with Crippen molar-refractivity contribution in [2.45, 2.75) is 65.6 Å². The van der Waals surface area contributed by atoms with E-state index in [4.69, 9.17) is 9.47 Å². The number of ketones is 1. The fourth-order valence-electron chi connectivity index (χ4n) is 2.62. The molecule has 0 unspecified atom stereocenters. The van der Waals surface area contributed by atoms with E-state index in [2.05, 4.69) is 46.8 Å². The molecule has 0 atom stereocenters. The van der Waals surface area contributed by atoms with Crippen LogP contribution in [0.25, 0.3) is 0 Å². The van der Waals surface area contributed by atoms with Crippen molar-refractivity contribution in [3.8, 4) is 0 Å². The standard InChI is InChI=1S/C20H30O3/c1-19(2,3)16-11-9-15(10-12-16)17(21)7-6-8-18-22-13-20(4,5)14-23-18/h9-12,18H,6-8,13-14H2,1-5H3. The Bertz CT molecular complexity index is 513. The highest BCUT2D eigenvalue weighted by Crippen LogP contribution is 2.25. The molecule has 0 spiro atoms. The van der Waals surface area contributed by atoms with Crippen molar-refractivity contribution in [3.05, 3.63) is 35.4 Å². The van der Waals surface area contributed by atoms with Crippen LogP contribution >= 0.6 is 0 Å². The second-order valence-electron chi connectivity index (χ2n) is 8.36. The lowest BCUT2D eigenvalue weighted by atomic mass is 9.86. The van der Waals surface area contributed by atoms with E-state index in [-0.39, 0.29) is 22.9 Å². The Morgan fingerprint density at radius 3 is 2.22 bits per heavy atom. The molecule has 0 N–H and O–H groups in total. The van der Waals surface area contributed by atoms with Gasteiger partial charge in [-0.15, -0.1) is 0 Å². The van der Waals surface area contributed by atoms with Crippen molar-refractivity contribution in [3.63, 3.8) is 0 Å². The van der Waals surface area contributed by atoms with Crippen molar-refractivity contribution in [1.82, 2.24) is 0 Å². The molecule has 0 radical (unpaired) electrons. The van der Waals surface area contributed by atoms with Gasteiger partial charge in [0.1, 0.15) is 0 Å². The van der Waals surface area contributed by atoms with Crippen molar-refractivity contribution in [2.24, 2.45) is 5.41 Å². The molecule has 0 aromatic heterocycles. The van der Waals surface area contributed by atoms with Gasteiger partial charge in [-0.2, -0.15) is 0 Å². The Kier molecular flexibility index (Phi) is 5.64. The topological polar surface area (TPSA) is 35.5 Å². The summed E-state index contributed by atoms with van der Waals surface area (Å²) in [5.74, 6) is 0.196. The predicted molar refractivity (Wildman–Crippen MR) is 92.8 cm³/mol. The first-order valence-electron chi connectivity index (χ1n) is 8.54. The molecule has 1 aromatic rings. The zero-order valence-electron chi connectivity index (χ0n) is 15.1. The third-order valence-corrected chi connectivity index (χ3v) is 4.24. The van der Waals surface area contributed by atoms with E-state index in [1.165, 1.54) is 5.56 Å². The van der Waals surface area contributed by atoms with E-state index < -0.39 is 0 Å². The lowest BCUT2D eigenvalue weighted by Gasteiger charge is -2.34. The Morgan fingerprint density at radius 2 is 1.70 bits per heavy atom. The summed E-state index contributed by atoms with van der Waals surface area (Å²) < 4.78 is 11.4. The predicted octanol–water partition coefficient (Wildman–Crippen LogP) is 4.74. The van der Waals surface area contributed by atoms with Gasteiger partial charge in [0.25, 0.3) is 0 Å². The lowest BCUT2D eigenvalue weighted by Crippen LogP contribution is -2.37. The van der Waals surface area contributed by atoms with Gasteiger partial charge >= 0.3 is 0 Å². The maximum Gasteiger partial charge on any atom is 0.162 e. The Hall–Kier alpha value is -1.19. The normalized spacial score (nSPS) is 18.8. The van der Waals surface area contributed by atoms with Crippen LogP contribution in [0, 0.1) is 5.41 Å². The summed E-state index contributed by atoms with van der Waals surface area (Å²) in [5, 5.41) is 0. The monoisotopic (exact) mass is 318 g/mol. The van der Waals surface area contributed by atoms with Crippen LogP contribution in [0.15, 0.2) is 24.3 Å². The fraction of sp³-hybridized carbons (Fsp3) is 0.650. The molecule has 0 saturated carbocycles. The second kappa shape index (κ2) is 7.14. The molecule has 1 aliphatic heterocycles. The number of rotatable bonds is 5. The molecule has 128 valence electrons. The van der Waals surface area contributed by atoms with Gasteiger partial charge in [0.05, 0.1) is 13.2 Å². The minimum atomic E-state index is -0.154. The van der Waals surface area contributed by atoms with E-state index in [0.717, 1.165) is 31.6 Å². The summed E-state index contributed by atoms with van der Waals surface area (Å²) >= 11 is 0. The SMILES string of the molecule is CC1(C)COC(CCCC(=O)c2ccc(C(C)(C)C)cc2)OC1. The Balaban J connectivity index is 1.77. The van der Waals surface area contributed by atoms with Crippen LogP contribution < -0.4 is 0 Å². The lowest BCUT2D eigenvalue weighted by molar-refractivity contribution is -0.223. The maximum atomic E-state index is 12.3. The molecular weight excluding hydrogens is 288 g/mol. The van der Waals surface area contributed by atoms with E-state index >= 15 is 0 Å². The van der Waals surface area contributed by atoms with Crippen molar-refractivity contribution in [2.75, 3.05) is 13.2 Å². The molecule has 2 rings (SSSR count). The largest absolute Gasteiger partial charge is 0.352 e. The quantitative estimate of drug-likeness (QED) is 0.736. The summed E-state index contributed by atoms with van der Waals surface area (Å²) in [6.45, 7) is 12.2. The van der Waals surface area contributed by atoms with Gasteiger partial charge in [0.2, 0.25) is 0 Å². The highest BCUT2D eigenvalue weighted by molar-refractivity contribution is 5.96. The molecule has 0 amide bonds. The van der Waals surface area contributed by atoms with E-state index in [1.807, 2.05) is 12.1 Å². The molecular formula is C20H30O3. The highest BCUT2D eigenvalue weighted by Gasteiger charge is 2.28. The van der Waals surface area contributed by atoms with Gasteiger partial charge < -0.3 is 9.47 Å². The summed E-state index contributed by atoms with van der Waals surface area (Å²) in [5.41, 5.74) is 2.26. The van der Waals surface area contributed by atoms with Gasteiger partial charge in [-0.1, -0.05) is 58.9 Å². The van der Waals surface area contributed by atoms with Crippen molar-refractivity contribution < 1.29 is 14.3 Å². The molecule has 1 fully saturated rings. The maximum absolute atomic E-state index is 12.3. The van der Waals surface area contributed by atoms with Crippen LogP contribution in [0.4, 0.5) is 0 Å². The average molecular weight is 318 g/mol. The molecule has 1 aliphatic rings. The summed E-state index contributed by atoms with van der Waals surface area (Å²) in [7, 11) is 0. The van der Waals surface area contributed by atoms with E-state index in [1.54, 1.807) is 0 Å². The van der Waals surface area contributed by atoms with Crippen molar-refractivity contribution in [1.29, 1.82) is 0 Å². The van der Waals surface area contributed by atoms with Crippen LogP contribution in [0.3, 0.4) is 0 Å². The fourth-order valence-corrected chi connectivity index (χ4v) is 2.62. The van der Waals surface area contributed by atoms with Crippen LogP contribution in [-0.2, 0) is 14.9 Å². The van der Waals surface area contributed by atoms with Gasteiger partial charge in [-0.3, -0.25) is 4.79 Å². The molecule has 1 saturated heterocycles. The minimum absolute atomic E-state index is 0.0983. The molecule has 3 nitrogen and oxygen atoms in total. The van der Waals surface area contributed by atoms with E-state index in [9.17, 15) is 4.79 Å². The number of benzene rings is 1. The smallest absolute Gasteiger partial charge is 0.162 e. The number of carbonyl (C=O) groups excluding carboxylic acids is 1. The van der Waals surface area contributed by atoms with Crippen LogP contribution in [-0.4, -0.2) is 25.3 Å². The number of hydrogen-bond acceptors (Lipinski definition) is 3. The Morgan fingerprint density at radius 1 is 1.13 bits per heavy atom. The first-order valence-corrected chi connectivity index (χ1v) is 8.54. The summed E-state index contributed by atoms with van der Waals surface area (Å²) in [6, 6.07) is 8.00. The number of Topliss-reactive ketones (excluding diaryl/α,β-unsaturated/α-hetero) is 1. The van der Waals surface area contributed by atoms with Crippen LogP contribution in [0.2, 0.25) is 0 Å². The van der Waals surface area contributed by atoms with E-state index in [0.29, 0.717) is 6.42 Å². The first kappa shape index (κ1) is 18.2. The highest BCUT2D eigenvalue weighted by atomic mass is 16.7. The average Bonchev–Trinajstić information content (AvgIpc) is 2.48. The Labute approximate surface area is 140 Å². The molecule has 1 aromatic carbocycles. The number of hydrogen-bond donors (Lipinski definition) is 0. The second-order valence-corrected chi connectivity index (χ2v) is 8.36. The first-order chi connectivity index (χ1) is 10.7. The molecule has 1 heterocycles. The van der Waals surface area contributed by atoms with Crippen LogP contribution in [0.1, 0.15) is 69.8 Å².